The average molecular weight is 234 g/mol. The van der Waals surface area contributed by atoms with Gasteiger partial charge >= 0.3 is 0 Å². The zero-order chi connectivity index (χ0) is 10.3. The van der Waals surface area contributed by atoms with Crippen LogP contribution in [0.2, 0.25) is 0 Å². The van der Waals surface area contributed by atoms with Gasteiger partial charge in [0, 0.05) is 6.07 Å². The molecule has 15 heavy (non-hydrogen) atoms. The van der Waals surface area contributed by atoms with E-state index in [9.17, 15) is 5.21 Å². The van der Waals surface area contributed by atoms with E-state index in [1.54, 1.807) is 28.7 Å². The molecule has 3 nitrogen and oxygen atoms in total. The van der Waals surface area contributed by atoms with Gasteiger partial charge in [-0.05, 0) is 11.4 Å². The Balaban J connectivity index is 2.22. The smallest absolute Gasteiger partial charge is 0.207 e. The van der Waals surface area contributed by atoms with Gasteiger partial charge in [-0.3, -0.25) is 0 Å². The number of hydrogen-bond acceptors (Lipinski definition) is 4. The van der Waals surface area contributed by atoms with Gasteiger partial charge in [0.05, 0.1) is 9.58 Å². The lowest BCUT2D eigenvalue weighted by Gasteiger charge is -1.91. The van der Waals surface area contributed by atoms with Crippen LogP contribution in [0.25, 0.3) is 20.1 Å². The van der Waals surface area contributed by atoms with Crippen molar-refractivity contribution in [2.24, 2.45) is 0 Å². The van der Waals surface area contributed by atoms with Gasteiger partial charge < -0.3 is 5.21 Å². The Bertz CT molecular complexity index is 601. The Morgan fingerprint density at radius 2 is 2.27 bits per heavy atom. The minimum Gasteiger partial charge on any atom is -0.619 e. The van der Waals surface area contributed by atoms with Gasteiger partial charge in [0.15, 0.2) is 6.20 Å². The molecular weight excluding hydrogens is 228 g/mol. The molecule has 0 aromatic carbocycles. The molecule has 5 heteroatoms. The molecule has 0 saturated carbocycles. The molecule has 0 unspecified atom stereocenters. The van der Waals surface area contributed by atoms with Gasteiger partial charge in [0.2, 0.25) is 6.20 Å². The number of thiophene rings is 1. The molecule has 74 valence electrons. The first kappa shape index (κ1) is 8.82. The molecule has 0 atom stereocenters. The van der Waals surface area contributed by atoms with Crippen LogP contribution in [-0.4, -0.2) is 4.98 Å². The molecule has 0 amide bonds. The summed E-state index contributed by atoms with van der Waals surface area (Å²) >= 11 is 3.27. The van der Waals surface area contributed by atoms with Crippen molar-refractivity contribution in [2.45, 2.75) is 0 Å². The largest absolute Gasteiger partial charge is 0.619 e. The molecule has 0 saturated heterocycles. The Morgan fingerprint density at radius 1 is 1.33 bits per heavy atom. The summed E-state index contributed by atoms with van der Waals surface area (Å²) in [4.78, 5) is 5.57. The second-order valence-electron chi connectivity index (χ2n) is 3.05. The number of pyridine rings is 1. The summed E-state index contributed by atoms with van der Waals surface area (Å²) in [5.41, 5.74) is 0.765. The van der Waals surface area contributed by atoms with E-state index in [1.165, 1.54) is 12.4 Å². The molecule has 0 aliphatic heterocycles. The molecule has 3 aromatic rings. The summed E-state index contributed by atoms with van der Waals surface area (Å²) < 4.78 is 1.82. The van der Waals surface area contributed by atoms with E-state index in [4.69, 9.17) is 0 Å². The van der Waals surface area contributed by atoms with Crippen LogP contribution in [0.4, 0.5) is 0 Å². The maximum Gasteiger partial charge on any atom is 0.207 e. The Kier molecular flexibility index (Phi) is 1.93. The van der Waals surface area contributed by atoms with Crippen molar-refractivity contribution in [3.05, 3.63) is 41.2 Å². The highest BCUT2D eigenvalue weighted by Crippen LogP contribution is 2.31. The Hall–Kier alpha value is -1.46. The third kappa shape index (κ3) is 1.49. The standard InChI is InChI=1S/C10H6N2OS2/c13-12-4-3-8-7(6-12)11-10(15-8)9-2-1-5-14-9/h1-6H. The summed E-state index contributed by atoms with van der Waals surface area (Å²) in [6.45, 7) is 0. The van der Waals surface area contributed by atoms with Crippen LogP contribution in [-0.2, 0) is 0 Å². The van der Waals surface area contributed by atoms with E-state index >= 15 is 0 Å². The van der Waals surface area contributed by atoms with E-state index in [0.29, 0.717) is 0 Å². The van der Waals surface area contributed by atoms with Crippen LogP contribution >= 0.6 is 22.7 Å². The van der Waals surface area contributed by atoms with E-state index in [0.717, 1.165) is 24.8 Å². The van der Waals surface area contributed by atoms with Crippen molar-refractivity contribution in [3.8, 4) is 9.88 Å². The molecule has 0 fully saturated rings. The first-order valence-corrected chi connectivity index (χ1v) is 6.06. The quantitative estimate of drug-likeness (QED) is 0.479. The Morgan fingerprint density at radius 3 is 3.07 bits per heavy atom. The van der Waals surface area contributed by atoms with Crippen LogP contribution in [0.15, 0.2) is 36.0 Å². The second-order valence-corrected chi connectivity index (χ2v) is 5.03. The highest BCUT2D eigenvalue weighted by molar-refractivity contribution is 7.25. The van der Waals surface area contributed by atoms with Crippen LogP contribution in [0.5, 0.6) is 0 Å². The molecule has 0 spiro atoms. The summed E-state index contributed by atoms with van der Waals surface area (Å²) in [7, 11) is 0. The normalized spacial score (nSPS) is 10.9. The van der Waals surface area contributed by atoms with Gasteiger partial charge in [-0.15, -0.1) is 22.7 Å². The summed E-state index contributed by atoms with van der Waals surface area (Å²) in [5, 5.41) is 14.1. The maximum absolute atomic E-state index is 11.1. The van der Waals surface area contributed by atoms with Gasteiger partial charge in [-0.2, -0.15) is 4.73 Å². The van der Waals surface area contributed by atoms with Gasteiger partial charge in [-0.1, -0.05) is 6.07 Å². The lowest BCUT2D eigenvalue weighted by molar-refractivity contribution is -0.603. The van der Waals surface area contributed by atoms with Crippen molar-refractivity contribution in [2.75, 3.05) is 0 Å². The third-order valence-corrected chi connectivity index (χ3v) is 4.11. The molecule has 0 aliphatic rings. The number of fused-ring (bicyclic) bond motifs is 1. The monoisotopic (exact) mass is 234 g/mol. The SMILES string of the molecule is [O-][n+]1ccc2sc(-c3cccs3)nc2c1. The minimum atomic E-state index is 0.765. The molecule has 0 radical (unpaired) electrons. The maximum atomic E-state index is 11.1. The first-order chi connectivity index (χ1) is 7.33. The fourth-order valence-corrected chi connectivity index (χ4v) is 3.10. The third-order valence-electron chi connectivity index (χ3n) is 2.04. The lowest BCUT2D eigenvalue weighted by atomic mass is 10.4. The van der Waals surface area contributed by atoms with Crippen molar-refractivity contribution in [3.63, 3.8) is 0 Å². The highest BCUT2D eigenvalue weighted by Gasteiger charge is 2.08. The summed E-state index contributed by atoms with van der Waals surface area (Å²) in [6, 6.07) is 5.84. The van der Waals surface area contributed by atoms with E-state index in [-0.39, 0.29) is 0 Å². The fourth-order valence-electron chi connectivity index (χ4n) is 1.37. The van der Waals surface area contributed by atoms with Crippen molar-refractivity contribution < 1.29 is 4.73 Å². The van der Waals surface area contributed by atoms with E-state index in [1.807, 2.05) is 17.5 Å². The van der Waals surface area contributed by atoms with Crippen molar-refractivity contribution in [1.29, 1.82) is 0 Å². The zero-order valence-electron chi connectivity index (χ0n) is 7.58. The van der Waals surface area contributed by atoms with Crippen LogP contribution < -0.4 is 4.73 Å². The van der Waals surface area contributed by atoms with Gasteiger partial charge in [-0.25, -0.2) is 4.98 Å². The number of rotatable bonds is 1. The van der Waals surface area contributed by atoms with Crippen LogP contribution in [0.1, 0.15) is 0 Å². The predicted molar refractivity (Wildman–Crippen MR) is 61.9 cm³/mol. The molecule has 0 bridgehead atoms. The topological polar surface area (TPSA) is 39.8 Å². The molecule has 3 aromatic heterocycles. The highest BCUT2D eigenvalue weighted by atomic mass is 32.1. The summed E-state index contributed by atoms with van der Waals surface area (Å²) in [5.74, 6) is 0. The molecular formula is C10H6N2OS2. The number of aromatic nitrogens is 2. The number of nitrogens with zero attached hydrogens (tertiary/aromatic N) is 2. The van der Waals surface area contributed by atoms with Crippen molar-refractivity contribution in [1.82, 2.24) is 4.98 Å². The molecule has 0 aliphatic carbocycles. The molecule has 0 N–H and O–H groups in total. The van der Waals surface area contributed by atoms with Crippen LogP contribution in [0.3, 0.4) is 0 Å². The van der Waals surface area contributed by atoms with Crippen LogP contribution in [0, 0.1) is 5.21 Å². The Labute approximate surface area is 93.8 Å². The van der Waals surface area contributed by atoms with Crippen molar-refractivity contribution >= 4 is 32.9 Å². The molecule has 3 rings (SSSR count). The predicted octanol–water partition coefficient (Wildman–Crippen LogP) is 2.66. The minimum absolute atomic E-state index is 0.765. The number of hydrogen-bond donors (Lipinski definition) is 0. The van der Waals surface area contributed by atoms with E-state index in [2.05, 4.69) is 4.98 Å². The number of thiazole rings is 1. The van der Waals surface area contributed by atoms with E-state index < -0.39 is 0 Å². The second kappa shape index (κ2) is 3.29. The average Bonchev–Trinajstić information content (AvgIpc) is 2.84. The summed E-state index contributed by atoms with van der Waals surface area (Å²) in [6.07, 6.45) is 3.00. The zero-order valence-corrected chi connectivity index (χ0v) is 9.22. The lowest BCUT2D eigenvalue weighted by Crippen LogP contribution is -2.23. The molecule has 3 heterocycles. The first-order valence-electron chi connectivity index (χ1n) is 4.36. The van der Waals surface area contributed by atoms with Gasteiger partial charge in [0.1, 0.15) is 10.5 Å². The van der Waals surface area contributed by atoms with Gasteiger partial charge in [0.25, 0.3) is 0 Å². The fraction of sp³-hybridized carbons (Fsp3) is 0.